The third-order valence-corrected chi connectivity index (χ3v) is 5.64. The third-order valence-electron chi connectivity index (χ3n) is 5.64. The number of aliphatic hydroxyl groups excluding tert-OH is 1. The summed E-state index contributed by atoms with van der Waals surface area (Å²) >= 11 is 0. The average Bonchev–Trinajstić information content (AvgIpc) is 2.78. The van der Waals surface area contributed by atoms with Gasteiger partial charge >= 0.3 is 0 Å². The number of carbonyl (C=O) groups excluding carboxylic acids is 2. The first kappa shape index (κ1) is 23.9. The van der Waals surface area contributed by atoms with E-state index in [0.717, 1.165) is 23.1 Å². The number of benzene rings is 2. The summed E-state index contributed by atoms with van der Waals surface area (Å²) < 4.78 is 11.2. The zero-order valence-corrected chi connectivity index (χ0v) is 18.7. The van der Waals surface area contributed by atoms with E-state index >= 15 is 0 Å². The summed E-state index contributed by atoms with van der Waals surface area (Å²) in [4.78, 5) is 25.9. The number of aliphatic hydroxyl groups is 1. The lowest BCUT2D eigenvalue weighted by Crippen LogP contribution is -2.49. The van der Waals surface area contributed by atoms with Crippen molar-refractivity contribution in [2.24, 2.45) is 0 Å². The van der Waals surface area contributed by atoms with Crippen LogP contribution in [0.25, 0.3) is 0 Å². The normalized spacial score (nSPS) is 19.2. The fourth-order valence-corrected chi connectivity index (χ4v) is 3.78. The van der Waals surface area contributed by atoms with Crippen molar-refractivity contribution in [3.05, 3.63) is 64.7 Å². The largest absolute Gasteiger partial charge is 0.381 e. The highest BCUT2D eigenvalue weighted by molar-refractivity contribution is 5.98. The van der Waals surface area contributed by atoms with Crippen LogP contribution in [-0.4, -0.2) is 48.9 Å². The summed E-state index contributed by atoms with van der Waals surface area (Å²) in [6.45, 7) is 5.58. The zero-order chi connectivity index (χ0) is 22.9. The van der Waals surface area contributed by atoms with Gasteiger partial charge in [0.15, 0.2) is 6.10 Å². The Kier molecular flexibility index (Phi) is 8.79. The lowest BCUT2D eigenvalue weighted by molar-refractivity contribution is -0.125. The van der Waals surface area contributed by atoms with Crippen LogP contribution in [0.3, 0.4) is 0 Å². The minimum absolute atomic E-state index is 0.285. The molecule has 7 heteroatoms. The molecule has 3 N–H and O–H groups in total. The number of amides is 2. The number of anilines is 1. The molecule has 0 spiro atoms. The van der Waals surface area contributed by atoms with Crippen molar-refractivity contribution in [1.82, 2.24) is 5.32 Å². The topological polar surface area (TPSA) is 96.9 Å². The molecule has 0 bridgehead atoms. The van der Waals surface area contributed by atoms with Gasteiger partial charge in [-0.2, -0.15) is 0 Å². The summed E-state index contributed by atoms with van der Waals surface area (Å²) in [7, 11) is 0. The maximum atomic E-state index is 13.0. The van der Waals surface area contributed by atoms with E-state index in [9.17, 15) is 14.7 Å². The number of nitrogens with one attached hydrogen (secondary N) is 2. The van der Waals surface area contributed by atoms with Crippen LogP contribution in [0.4, 0.5) is 5.69 Å². The summed E-state index contributed by atoms with van der Waals surface area (Å²) in [5.41, 5.74) is 3.71. The van der Waals surface area contributed by atoms with Crippen LogP contribution in [0.2, 0.25) is 0 Å². The fraction of sp³-hybridized carbons (Fsp3) is 0.440. The molecule has 0 saturated carbocycles. The van der Waals surface area contributed by atoms with Gasteiger partial charge in [0.25, 0.3) is 11.8 Å². The van der Waals surface area contributed by atoms with Crippen molar-refractivity contribution in [2.75, 3.05) is 25.1 Å². The third kappa shape index (κ3) is 6.38. The minimum Gasteiger partial charge on any atom is -0.381 e. The predicted molar refractivity (Wildman–Crippen MR) is 123 cm³/mol. The van der Waals surface area contributed by atoms with Gasteiger partial charge in [-0.3, -0.25) is 9.59 Å². The summed E-state index contributed by atoms with van der Waals surface area (Å²) in [6, 6.07) is 12.2. The van der Waals surface area contributed by atoms with Gasteiger partial charge in [-0.1, -0.05) is 36.4 Å². The van der Waals surface area contributed by atoms with Crippen LogP contribution in [0.1, 0.15) is 46.3 Å². The van der Waals surface area contributed by atoms with Gasteiger partial charge in [-0.25, -0.2) is 0 Å². The molecule has 1 heterocycles. The van der Waals surface area contributed by atoms with Crippen LogP contribution in [0, 0.1) is 13.8 Å². The molecule has 0 radical (unpaired) electrons. The summed E-state index contributed by atoms with van der Waals surface area (Å²) in [6.07, 6.45) is 0.514. The van der Waals surface area contributed by atoms with Crippen LogP contribution in [0.15, 0.2) is 42.5 Å². The lowest BCUT2D eigenvalue weighted by atomic mass is 10.0. The Hall–Kier alpha value is -2.74. The Bertz CT molecular complexity index is 910. The number of ether oxygens (including phenoxy) is 2. The molecule has 0 aliphatic carbocycles. The van der Waals surface area contributed by atoms with Gasteiger partial charge in [-0.05, 0) is 55.9 Å². The average molecular weight is 441 g/mol. The standard InChI is InChI=1S/C25H32N2O5/c1-17-8-7-9-18(2)22(17)27-25(30)23(28)21-12-5-6-13-31-14-15-32-16-19-10-3-4-11-20(19)24(29)26-21/h3-4,7-11,21,23,28H,5-6,12-16H2,1-2H3,(H,26,29)(H,27,30)/t21-,23?/m0/s1. The van der Waals surface area contributed by atoms with Crippen molar-refractivity contribution < 1.29 is 24.2 Å². The van der Waals surface area contributed by atoms with E-state index in [4.69, 9.17) is 9.47 Å². The number of hydrogen-bond donors (Lipinski definition) is 3. The second kappa shape index (κ2) is 11.8. The monoisotopic (exact) mass is 440 g/mol. The second-order valence-corrected chi connectivity index (χ2v) is 8.10. The van der Waals surface area contributed by atoms with Gasteiger partial charge in [-0.15, -0.1) is 0 Å². The number of para-hydroxylation sites is 1. The van der Waals surface area contributed by atoms with Crippen LogP contribution < -0.4 is 10.6 Å². The highest BCUT2D eigenvalue weighted by Gasteiger charge is 2.29. The Balaban J connectivity index is 1.78. The summed E-state index contributed by atoms with van der Waals surface area (Å²) in [5.74, 6) is -0.872. The number of fused-ring (bicyclic) bond motifs is 1. The molecule has 1 aliphatic rings. The first-order valence-corrected chi connectivity index (χ1v) is 11.1. The van der Waals surface area contributed by atoms with Gasteiger partial charge in [0.1, 0.15) is 0 Å². The van der Waals surface area contributed by atoms with E-state index in [2.05, 4.69) is 10.6 Å². The number of aryl methyl sites for hydroxylation is 2. The molecule has 0 saturated heterocycles. The first-order valence-electron chi connectivity index (χ1n) is 11.1. The smallest absolute Gasteiger partial charge is 0.255 e. The molecule has 2 aromatic rings. The number of carbonyl (C=O) groups is 2. The highest BCUT2D eigenvalue weighted by atomic mass is 16.5. The molecule has 1 unspecified atom stereocenters. The van der Waals surface area contributed by atoms with Crippen LogP contribution >= 0.6 is 0 Å². The van der Waals surface area contributed by atoms with E-state index < -0.39 is 18.1 Å². The van der Waals surface area contributed by atoms with Crippen molar-refractivity contribution in [3.8, 4) is 0 Å². The van der Waals surface area contributed by atoms with E-state index in [1.165, 1.54) is 0 Å². The molecule has 172 valence electrons. The second-order valence-electron chi connectivity index (χ2n) is 8.10. The lowest BCUT2D eigenvalue weighted by Gasteiger charge is -2.25. The van der Waals surface area contributed by atoms with Gasteiger partial charge in [0, 0.05) is 17.9 Å². The quantitative estimate of drug-likeness (QED) is 0.681. The summed E-state index contributed by atoms with van der Waals surface area (Å²) in [5, 5.41) is 16.6. The Labute approximate surface area is 189 Å². The molecule has 7 nitrogen and oxygen atoms in total. The number of rotatable bonds is 3. The van der Waals surface area contributed by atoms with Gasteiger partial charge in [0.2, 0.25) is 0 Å². The van der Waals surface area contributed by atoms with Gasteiger partial charge < -0.3 is 25.2 Å². The molecule has 32 heavy (non-hydrogen) atoms. The van der Waals surface area contributed by atoms with E-state index in [1.54, 1.807) is 12.1 Å². The fourth-order valence-electron chi connectivity index (χ4n) is 3.78. The van der Waals surface area contributed by atoms with E-state index in [1.807, 2.05) is 44.2 Å². The molecule has 2 atom stereocenters. The predicted octanol–water partition coefficient (Wildman–Crippen LogP) is 3.12. The Morgan fingerprint density at radius 1 is 1.03 bits per heavy atom. The van der Waals surface area contributed by atoms with Crippen molar-refractivity contribution in [2.45, 2.75) is 51.9 Å². The Morgan fingerprint density at radius 2 is 1.75 bits per heavy atom. The maximum Gasteiger partial charge on any atom is 0.255 e. The number of hydrogen-bond acceptors (Lipinski definition) is 5. The molecule has 0 aromatic heterocycles. The first-order chi connectivity index (χ1) is 15.5. The molecular weight excluding hydrogens is 408 g/mol. The van der Waals surface area contributed by atoms with Crippen molar-refractivity contribution in [3.63, 3.8) is 0 Å². The zero-order valence-electron chi connectivity index (χ0n) is 18.7. The molecular formula is C25H32N2O5. The maximum absolute atomic E-state index is 13.0. The van der Waals surface area contributed by atoms with Crippen molar-refractivity contribution in [1.29, 1.82) is 0 Å². The van der Waals surface area contributed by atoms with Crippen LogP contribution in [-0.2, 0) is 20.9 Å². The van der Waals surface area contributed by atoms with Gasteiger partial charge in [0.05, 0.1) is 25.9 Å². The minimum atomic E-state index is -1.39. The molecule has 1 aliphatic heterocycles. The molecule has 3 rings (SSSR count). The van der Waals surface area contributed by atoms with E-state index in [0.29, 0.717) is 43.9 Å². The van der Waals surface area contributed by atoms with Crippen LogP contribution in [0.5, 0.6) is 0 Å². The molecule has 0 fully saturated rings. The highest BCUT2D eigenvalue weighted by Crippen LogP contribution is 2.20. The molecule has 2 aromatic carbocycles. The van der Waals surface area contributed by atoms with Crippen molar-refractivity contribution >= 4 is 17.5 Å². The SMILES string of the molecule is Cc1cccc(C)c1NC(=O)C(O)[C@@H]1CCCCOCCOCc2ccccc2C(=O)N1. The van der Waals surface area contributed by atoms with E-state index in [-0.39, 0.29) is 12.5 Å². The Morgan fingerprint density at radius 3 is 2.53 bits per heavy atom. The molecule has 2 amide bonds.